The molecule has 4 rings (SSSR count). The number of aliphatic hydroxyl groups is 1. The molecule has 8 heteroatoms. The Kier molecular flexibility index (Phi) is 7.10. The molecule has 0 aromatic heterocycles. The number of hydrogen-bond acceptors (Lipinski definition) is 5. The van der Waals surface area contributed by atoms with Gasteiger partial charge in [0.1, 0.15) is 5.78 Å². The number of piperazine rings is 1. The van der Waals surface area contributed by atoms with E-state index in [1.807, 2.05) is 17.9 Å². The molecule has 2 fully saturated rings. The fourth-order valence-corrected chi connectivity index (χ4v) is 4.69. The summed E-state index contributed by atoms with van der Waals surface area (Å²) in [5, 5.41) is 12.1. The minimum absolute atomic E-state index is 0.0770. The summed E-state index contributed by atoms with van der Waals surface area (Å²) in [5.41, 5.74) is 1.99. The van der Waals surface area contributed by atoms with E-state index < -0.39 is 0 Å². The van der Waals surface area contributed by atoms with Gasteiger partial charge in [0, 0.05) is 69.4 Å². The second-order valence-corrected chi connectivity index (χ2v) is 9.30. The van der Waals surface area contributed by atoms with Crippen molar-refractivity contribution < 1.29 is 19.5 Å². The summed E-state index contributed by atoms with van der Waals surface area (Å²) >= 11 is 0. The van der Waals surface area contributed by atoms with Gasteiger partial charge in [0.25, 0.3) is 5.91 Å². The summed E-state index contributed by atoms with van der Waals surface area (Å²) in [4.78, 5) is 44.3. The predicted octanol–water partition coefficient (Wildman–Crippen LogP) is 1.66. The first-order chi connectivity index (χ1) is 15.5. The fraction of sp³-hybridized carbons (Fsp3) is 0.625. The van der Waals surface area contributed by atoms with E-state index in [1.165, 1.54) is 12.8 Å². The normalized spacial score (nSPS) is 21.8. The van der Waals surface area contributed by atoms with Gasteiger partial charge in [-0.15, -0.1) is 0 Å². The molecule has 174 valence electrons. The average molecular weight is 443 g/mol. The highest BCUT2D eigenvalue weighted by Gasteiger charge is 2.34. The van der Waals surface area contributed by atoms with E-state index >= 15 is 0 Å². The van der Waals surface area contributed by atoms with Gasteiger partial charge in [-0.05, 0) is 43.0 Å². The van der Waals surface area contributed by atoms with Crippen LogP contribution in [0.25, 0.3) is 0 Å². The molecule has 0 unspecified atom stereocenters. The van der Waals surface area contributed by atoms with Crippen molar-refractivity contribution in [2.75, 3.05) is 50.8 Å². The Morgan fingerprint density at radius 1 is 1.16 bits per heavy atom. The molecule has 2 heterocycles. The van der Waals surface area contributed by atoms with E-state index in [0.717, 1.165) is 36.7 Å². The van der Waals surface area contributed by atoms with Gasteiger partial charge in [0.2, 0.25) is 0 Å². The number of nitrogens with one attached hydrogen (secondary N) is 1. The van der Waals surface area contributed by atoms with Crippen LogP contribution in [0.3, 0.4) is 0 Å². The lowest BCUT2D eigenvalue weighted by atomic mass is 10.0. The number of aliphatic hydroxyl groups excluding tert-OH is 1. The van der Waals surface area contributed by atoms with Crippen LogP contribution in [0.2, 0.25) is 0 Å². The molecule has 32 heavy (non-hydrogen) atoms. The molecular formula is C24H34N4O4. The summed E-state index contributed by atoms with van der Waals surface area (Å²) in [6.45, 7) is 5.93. The van der Waals surface area contributed by atoms with Crippen molar-refractivity contribution >= 4 is 23.4 Å². The van der Waals surface area contributed by atoms with Crippen LogP contribution in [0.4, 0.5) is 10.5 Å². The summed E-state index contributed by atoms with van der Waals surface area (Å²) < 4.78 is 0. The van der Waals surface area contributed by atoms with E-state index in [-0.39, 0.29) is 36.8 Å². The zero-order valence-electron chi connectivity index (χ0n) is 18.9. The number of hydrogen-bond donors (Lipinski definition) is 2. The second kappa shape index (κ2) is 10.0. The maximum absolute atomic E-state index is 13.5. The summed E-state index contributed by atoms with van der Waals surface area (Å²) in [6, 6.07) is 5.01. The van der Waals surface area contributed by atoms with Crippen LogP contribution in [0.1, 0.15) is 48.5 Å². The Bertz CT molecular complexity index is 862. The largest absolute Gasteiger partial charge is 0.395 e. The zero-order chi connectivity index (χ0) is 22.7. The topological polar surface area (TPSA) is 93.2 Å². The zero-order valence-corrected chi connectivity index (χ0v) is 18.9. The van der Waals surface area contributed by atoms with Gasteiger partial charge in [-0.3, -0.25) is 19.4 Å². The van der Waals surface area contributed by atoms with Crippen LogP contribution in [0, 0.1) is 5.92 Å². The molecule has 0 radical (unpaired) electrons. The first kappa shape index (κ1) is 22.7. The highest BCUT2D eigenvalue weighted by Crippen LogP contribution is 2.32. The third-order valence-corrected chi connectivity index (χ3v) is 6.75. The van der Waals surface area contributed by atoms with Crippen molar-refractivity contribution in [2.24, 2.45) is 5.92 Å². The summed E-state index contributed by atoms with van der Waals surface area (Å²) in [5.74, 6) is 0.704. The van der Waals surface area contributed by atoms with E-state index in [1.54, 1.807) is 17.0 Å². The van der Waals surface area contributed by atoms with Gasteiger partial charge >= 0.3 is 6.03 Å². The van der Waals surface area contributed by atoms with Crippen LogP contribution < -0.4 is 10.2 Å². The lowest BCUT2D eigenvalue weighted by Crippen LogP contribution is -2.55. The smallest absolute Gasteiger partial charge is 0.324 e. The lowest BCUT2D eigenvalue weighted by molar-refractivity contribution is -0.118. The van der Waals surface area contributed by atoms with E-state index in [4.69, 9.17) is 5.11 Å². The maximum atomic E-state index is 13.5. The number of Topliss-reactive ketones (excluding diaryl/α,β-unsaturated/α-hetero) is 1. The number of rotatable bonds is 6. The molecule has 1 atom stereocenters. The molecule has 8 nitrogen and oxygen atoms in total. The van der Waals surface area contributed by atoms with Crippen LogP contribution in [-0.4, -0.2) is 84.5 Å². The molecule has 1 aliphatic carbocycles. The Hall–Kier alpha value is -2.45. The predicted molar refractivity (Wildman–Crippen MR) is 122 cm³/mol. The number of ketones is 1. The van der Waals surface area contributed by atoms with Gasteiger partial charge < -0.3 is 15.3 Å². The fourth-order valence-electron chi connectivity index (χ4n) is 4.69. The van der Waals surface area contributed by atoms with Gasteiger partial charge in [-0.25, -0.2) is 4.79 Å². The van der Waals surface area contributed by atoms with E-state index in [2.05, 4.69) is 10.2 Å². The van der Waals surface area contributed by atoms with Crippen molar-refractivity contribution in [2.45, 2.75) is 45.1 Å². The number of fused-ring (bicyclic) bond motifs is 1. The molecule has 0 bridgehead atoms. The molecule has 3 aliphatic rings. The van der Waals surface area contributed by atoms with Crippen molar-refractivity contribution in [1.29, 1.82) is 0 Å². The lowest BCUT2D eigenvalue weighted by Gasteiger charge is -2.39. The molecule has 0 spiro atoms. The third-order valence-electron chi connectivity index (χ3n) is 6.75. The first-order valence-corrected chi connectivity index (χ1v) is 11.8. The van der Waals surface area contributed by atoms with Crippen molar-refractivity contribution in [1.82, 2.24) is 15.1 Å². The number of urea groups is 1. The van der Waals surface area contributed by atoms with Gasteiger partial charge in [-0.1, -0.05) is 12.8 Å². The number of benzene rings is 1. The number of amides is 3. The van der Waals surface area contributed by atoms with Crippen molar-refractivity contribution in [3.8, 4) is 0 Å². The van der Waals surface area contributed by atoms with Gasteiger partial charge in [0.05, 0.1) is 6.61 Å². The molecular weight excluding hydrogens is 408 g/mol. The number of β-amino-alcohol motifs (C(OH)–C–C–N with tert-alkyl or cyclic N) is 1. The second-order valence-electron chi connectivity index (χ2n) is 9.30. The van der Waals surface area contributed by atoms with Crippen LogP contribution in [0.15, 0.2) is 18.2 Å². The minimum atomic E-state index is -0.245. The average Bonchev–Trinajstić information content (AvgIpc) is 3.60. The molecule has 3 amide bonds. The Balaban J connectivity index is 1.50. The maximum Gasteiger partial charge on any atom is 0.324 e. The number of nitrogens with zero attached hydrogens (tertiary/aromatic N) is 3. The van der Waals surface area contributed by atoms with Crippen molar-refractivity contribution in [3.05, 3.63) is 29.3 Å². The highest BCUT2D eigenvalue weighted by atomic mass is 16.3. The molecule has 1 aromatic rings. The van der Waals surface area contributed by atoms with Gasteiger partial charge in [-0.2, -0.15) is 0 Å². The summed E-state index contributed by atoms with van der Waals surface area (Å²) in [7, 11) is 0. The molecule has 1 aromatic carbocycles. The van der Waals surface area contributed by atoms with E-state index in [0.29, 0.717) is 38.2 Å². The third kappa shape index (κ3) is 5.30. The molecule has 1 saturated carbocycles. The SMILES string of the molecule is C[C@H]1CC(=O)Cc2cc(C(=O)NCCC3CC3)ccc2N1C(=O)N1CCN(CCO)CC1. The van der Waals surface area contributed by atoms with Crippen LogP contribution in [0.5, 0.6) is 0 Å². The molecule has 2 N–H and O–H groups in total. The highest BCUT2D eigenvalue weighted by molar-refractivity contribution is 6.00. The number of anilines is 1. The van der Waals surface area contributed by atoms with Crippen LogP contribution >= 0.6 is 0 Å². The van der Waals surface area contributed by atoms with E-state index in [9.17, 15) is 14.4 Å². The first-order valence-electron chi connectivity index (χ1n) is 11.8. The van der Waals surface area contributed by atoms with Gasteiger partial charge in [0.15, 0.2) is 0 Å². The Morgan fingerprint density at radius 3 is 2.59 bits per heavy atom. The van der Waals surface area contributed by atoms with Crippen molar-refractivity contribution in [3.63, 3.8) is 0 Å². The number of carbonyl (C=O) groups excluding carboxylic acids is 3. The standard InChI is InChI=1S/C24H34N4O4/c1-17-14-21(30)16-20-15-19(23(31)25-7-6-18-2-3-18)4-5-22(20)28(17)24(32)27-10-8-26(9-11-27)12-13-29/h4-5,15,17-18,29H,2-3,6-14,16H2,1H3,(H,25,31)/t17-/m0/s1. The number of carbonyl (C=O) groups is 3. The Morgan fingerprint density at radius 2 is 1.91 bits per heavy atom. The molecule has 2 aliphatic heterocycles. The Labute approximate surface area is 189 Å². The quantitative estimate of drug-likeness (QED) is 0.699. The monoisotopic (exact) mass is 442 g/mol. The summed E-state index contributed by atoms with van der Waals surface area (Å²) in [6.07, 6.45) is 4.07. The molecule has 1 saturated heterocycles. The van der Waals surface area contributed by atoms with Crippen LogP contribution in [-0.2, 0) is 11.2 Å². The minimum Gasteiger partial charge on any atom is -0.395 e.